The fraction of sp³-hybridized carbons (Fsp3) is 0.688. The van der Waals surface area contributed by atoms with E-state index in [1.54, 1.807) is 11.1 Å². The van der Waals surface area contributed by atoms with Crippen LogP contribution in [0.3, 0.4) is 0 Å². The number of hydrogen-bond donors (Lipinski definition) is 2. The van der Waals surface area contributed by atoms with Crippen molar-refractivity contribution in [3.8, 4) is 0 Å². The van der Waals surface area contributed by atoms with Crippen LogP contribution in [0.2, 0.25) is 0 Å². The lowest BCUT2D eigenvalue weighted by Gasteiger charge is -2.36. The molecule has 1 fully saturated rings. The molecule has 0 spiro atoms. The Hall–Kier alpha value is -1.51. The van der Waals surface area contributed by atoms with E-state index >= 15 is 0 Å². The first-order valence-electron chi connectivity index (χ1n) is 8.30. The Morgan fingerprint density at radius 1 is 1.58 bits per heavy atom. The van der Waals surface area contributed by atoms with Crippen molar-refractivity contribution < 1.29 is 14.7 Å². The first-order chi connectivity index (χ1) is 11.5. The van der Waals surface area contributed by atoms with Gasteiger partial charge in [0.2, 0.25) is 11.8 Å². The fourth-order valence-corrected chi connectivity index (χ4v) is 3.50. The van der Waals surface area contributed by atoms with Gasteiger partial charge in [0.15, 0.2) is 0 Å². The topological polar surface area (TPSA) is 85.8 Å². The van der Waals surface area contributed by atoms with Crippen LogP contribution in [0.15, 0.2) is 11.6 Å². The van der Waals surface area contributed by atoms with Crippen LogP contribution >= 0.6 is 11.3 Å². The predicted octanol–water partition coefficient (Wildman–Crippen LogP) is 0.311. The van der Waals surface area contributed by atoms with Crippen molar-refractivity contribution in [3.05, 3.63) is 16.6 Å². The van der Waals surface area contributed by atoms with Crippen molar-refractivity contribution in [2.75, 3.05) is 32.8 Å². The lowest BCUT2D eigenvalue weighted by atomic mass is 10.1. The van der Waals surface area contributed by atoms with E-state index < -0.39 is 6.04 Å². The van der Waals surface area contributed by atoms with Crippen LogP contribution in [0.1, 0.15) is 25.3 Å². The van der Waals surface area contributed by atoms with E-state index in [1.807, 2.05) is 5.38 Å². The normalized spacial score (nSPS) is 18.7. The minimum absolute atomic E-state index is 0.0894. The second-order valence-electron chi connectivity index (χ2n) is 6.36. The monoisotopic (exact) mass is 354 g/mol. The number of nitrogens with zero attached hydrogens (tertiary/aromatic N) is 3. The SMILES string of the molecule is CC(C)CN1CCNC(=O)[C@@H]1CC(=O)N(CCO)Cc1nccs1. The number of hydrogen-bond acceptors (Lipinski definition) is 6. The predicted molar refractivity (Wildman–Crippen MR) is 92.4 cm³/mol. The van der Waals surface area contributed by atoms with Crippen LogP contribution in [0, 0.1) is 5.92 Å². The maximum Gasteiger partial charge on any atom is 0.237 e. The molecule has 0 saturated carbocycles. The first kappa shape index (κ1) is 18.8. The molecule has 7 nitrogen and oxygen atoms in total. The summed E-state index contributed by atoms with van der Waals surface area (Å²) in [6.07, 6.45) is 1.82. The van der Waals surface area contributed by atoms with Gasteiger partial charge in [0.25, 0.3) is 0 Å². The number of rotatable bonds is 8. The molecule has 0 aliphatic carbocycles. The lowest BCUT2D eigenvalue weighted by Crippen LogP contribution is -2.57. The molecule has 1 atom stereocenters. The highest BCUT2D eigenvalue weighted by atomic mass is 32.1. The molecular formula is C16H26N4O3S. The van der Waals surface area contributed by atoms with Crippen molar-refractivity contribution >= 4 is 23.2 Å². The van der Waals surface area contributed by atoms with Crippen molar-refractivity contribution in [2.45, 2.75) is 32.9 Å². The number of thiazole rings is 1. The molecule has 0 radical (unpaired) electrons. The minimum atomic E-state index is -0.439. The van der Waals surface area contributed by atoms with Crippen LogP contribution in [0.4, 0.5) is 0 Å². The van der Waals surface area contributed by atoms with Gasteiger partial charge in [-0.1, -0.05) is 13.8 Å². The number of carbonyl (C=O) groups is 2. The molecule has 24 heavy (non-hydrogen) atoms. The minimum Gasteiger partial charge on any atom is -0.395 e. The van der Waals surface area contributed by atoms with Gasteiger partial charge in [-0.3, -0.25) is 14.5 Å². The number of amides is 2. The Morgan fingerprint density at radius 2 is 2.38 bits per heavy atom. The van der Waals surface area contributed by atoms with E-state index in [9.17, 15) is 14.7 Å². The molecule has 1 saturated heterocycles. The van der Waals surface area contributed by atoms with Crippen LogP contribution in [-0.2, 0) is 16.1 Å². The molecule has 134 valence electrons. The van der Waals surface area contributed by atoms with Crippen molar-refractivity contribution in [3.63, 3.8) is 0 Å². The average molecular weight is 354 g/mol. The molecule has 1 aromatic rings. The van der Waals surface area contributed by atoms with Gasteiger partial charge in [0.05, 0.1) is 25.6 Å². The summed E-state index contributed by atoms with van der Waals surface area (Å²) >= 11 is 1.47. The lowest BCUT2D eigenvalue weighted by molar-refractivity contribution is -0.139. The third kappa shape index (κ3) is 5.25. The van der Waals surface area contributed by atoms with Crippen molar-refractivity contribution in [2.24, 2.45) is 5.92 Å². The summed E-state index contributed by atoms with van der Waals surface area (Å²) in [7, 11) is 0. The van der Waals surface area contributed by atoms with Gasteiger partial charge in [0.1, 0.15) is 5.01 Å². The molecular weight excluding hydrogens is 328 g/mol. The van der Waals surface area contributed by atoms with Crippen LogP contribution in [0.5, 0.6) is 0 Å². The molecule has 8 heteroatoms. The molecule has 1 aliphatic rings. The molecule has 2 amide bonds. The molecule has 1 aromatic heterocycles. The molecule has 2 rings (SSSR count). The Bertz CT molecular complexity index is 535. The van der Waals surface area contributed by atoms with E-state index in [1.165, 1.54) is 11.3 Å². The summed E-state index contributed by atoms with van der Waals surface area (Å²) < 4.78 is 0. The number of carbonyl (C=O) groups excluding carboxylic acids is 2. The van der Waals surface area contributed by atoms with Gasteiger partial charge >= 0.3 is 0 Å². The van der Waals surface area contributed by atoms with Gasteiger partial charge in [-0.2, -0.15) is 0 Å². The van der Waals surface area contributed by atoms with Gasteiger partial charge in [-0.15, -0.1) is 11.3 Å². The highest BCUT2D eigenvalue weighted by molar-refractivity contribution is 7.09. The van der Waals surface area contributed by atoms with Crippen LogP contribution in [0.25, 0.3) is 0 Å². The Kier molecular flexibility index (Phi) is 7.14. The summed E-state index contributed by atoms with van der Waals surface area (Å²) in [4.78, 5) is 32.8. The molecule has 2 heterocycles. The van der Waals surface area contributed by atoms with E-state index in [-0.39, 0.29) is 31.4 Å². The van der Waals surface area contributed by atoms with Crippen molar-refractivity contribution in [1.29, 1.82) is 0 Å². The Balaban J connectivity index is 2.03. The summed E-state index contributed by atoms with van der Waals surface area (Å²) in [5, 5.41) is 14.8. The largest absolute Gasteiger partial charge is 0.395 e. The molecule has 0 aromatic carbocycles. The number of aromatic nitrogens is 1. The molecule has 1 aliphatic heterocycles. The standard InChI is InChI=1S/C16H26N4O3S/c1-12(2)10-19-5-3-18-16(23)13(19)9-15(22)20(6-7-21)11-14-17-4-8-24-14/h4,8,12-13,21H,3,5-7,9-11H2,1-2H3,(H,18,23)/t13-/m0/s1. The third-order valence-corrected chi connectivity index (χ3v) is 4.71. The number of nitrogens with one attached hydrogen (secondary N) is 1. The van der Waals surface area contributed by atoms with E-state index in [2.05, 4.69) is 29.0 Å². The maximum absolute atomic E-state index is 12.7. The highest BCUT2D eigenvalue weighted by Gasteiger charge is 2.33. The summed E-state index contributed by atoms with van der Waals surface area (Å²) in [6, 6.07) is -0.439. The zero-order valence-electron chi connectivity index (χ0n) is 14.3. The number of aliphatic hydroxyl groups excluding tert-OH is 1. The zero-order valence-corrected chi connectivity index (χ0v) is 15.1. The van der Waals surface area contributed by atoms with Crippen LogP contribution < -0.4 is 5.32 Å². The van der Waals surface area contributed by atoms with Crippen LogP contribution in [-0.4, -0.2) is 70.5 Å². The van der Waals surface area contributed by atoms with Gasteiger partial charge in [-0.25, -0.2) is 4.98 Å². The fourth-order valence-electron chi connectivity index (χ4n) is 2.87. The smallest absolute Gasteiger partial charge is 0.237 e. The number of aliphatic hydroxyl groups is 1. The third-order valence-electron chi connectivity index (χ3n) is 3.94. The average Bonchev–Trinajstić information content (AvgIpc) is 3.02. The van der Waals surface area contributed by atoms with Crippen molar-refractivity contribution in [1.82, 2.24) is 20.1 Å². The van der Waals surface area contributed by atoms with E-state index in [4.69, 9.17) is 0 Å². The quantitative estimate of drug-likeness (QED) is 0.702. The molecule has 2 N–H and O–H groups in total. The summed E-state index contributed by atoms with van der Waals surface area (Å²) in [5.74, 6) is 0.209. The first-order valence-corrected chi connectivity index (χ1v) is 9.18. The summed E-state index contributed by atoms with van der Waals surface area (Å²) in [5.41, 5.74) is 0. The van der Waals surface area contributed by atoms with E-state index in [0.29, 0.717) is 19.0 Å². The van der Waals surface area contributed by atoms with Gasteiger partial charge in [0, 0.05) is 37.8 Å². The second-order valence-corrected chi connectivity index (χ2v) is 7.34. The molecule has 0 bridgehead atoms. The molecule has 0 unspecified atom stereocenters. The van der Waals surface area contributed by atoms with E-state index in [0.717, 1.165) is 18.1 Å². The maximum atomic E-state index is 12.7. The van der Waals surface area contributed by atoms with Gasteiger partial charge in [-0.05, 0) is 5.92 Å². The highest BCUT2D eigenvalue weighted by Crippen LogP contribution is 2.15. The Labute approximate surface area is 146 Å². The number of piperazine rings is 1. The zero-order chi connectivity index (χ0) is 17.5. The summed E-state index contributed by atoms with van der Waals surface area (Å²) in [6.45, 7) is 6.88. The second kappa shape index (κ2) is 9.10. The Morgan fingerprint density at radius 3 is 3.00 bits per heavy atom. The van der Waals surface area contributed by atoms with Gasteiger partial charge < -0.3 is 15.3 Å².